The third-order valence-electron chi connectivity index (χ3n) is 2.44. The molecule has 0 spiro atoms. The molecule has 0 bridgehead atoms. The van der Waals surface area contributed by atoms with Crippen LogP contribution in [0.2, 0.25) is 0 Å². The van der Waals surface area contributed by atoms with Crippen LogP contribution in [0.1, 0.15) is 25.8 Å². The maximum atomic E-state index is 11.3. The molecule has 88 valence electrons. The molecular weight excluding hydrogens is 204 g/mol. The standard InChI is InChI=1S/C13H18O3/c1-4-13(14)10(2)16-9-11-6-5-7-12(8-11)15-3/h5-8,10H,4,9H2,1-3H3. The summed E-state index contributed by atoms with van der Waals surface area (Å²) in [4.78, 5) is 11.3. The van der Waals surface area contributed by atoms with E-state index in [9.17, 15) is 4.79 Å². The van der Waals surface area contributed by atoms with Crippen LogP contribution in [0.15, 0.2) is 24.3 Å². The molecule has 0 aliphatic heterocycles. The zero-order chi connectivity index (χ0) is 12.0. The number of ether oxygens (including phenoxy) is 2. The molecular formula is C13H18O3. The molecule has 3 heteroatoms. The van der Waals surface area contributed by atoms with E-state index in [1.807, 2.05) is 31.2 Å². The van der Waals surface area contributed by atoms with Gasteiger partial charge in [0.1, 0.15) is 11.9 Å². The average molecular weight is 222 g/mol. The molecule has 1 rings (SSSR count). The van der Waals surface area contributed by atoms with Crippen molar-refractivity contribution in [2.24, 2.45) is 0 Å². The smallest absolute Gasteiger partial charge is 0.161 e. The Balaban J connectivity index is 2.51. The van der Waals surface area contributed by atoms with Crippen molar-refractivity contribution in [2.75, 3.05) is 7.11 Å². The first kappa shape index (κ1) is 12.7. The van der Waals surface area contributed by atoms with E-state index in [2.05, 4.69) is 0 Å². The summed E-state index contributed by atoms with van der Waals surface area (Å²) in [6.07, 6.45) is 0.176. The van der Waals surface area contributed by atoms with Crippen molar-refractivity contribution < 1.29 is 14.3 Å². The second-order valence-corrected chi connectivity index (χ2v) is 3.62. The lowest BCUT2D eigenvalue weighted by Crippen LogP contribution is -2.19. The zero-order valence-corrected chi connectivity index (χ0v) is 10.0. The molecule has 0 fully saturated rings. The molecule has 0 aliphatic rings. The lowest BCUT2D eigenvalue weighted by molar-refractivity contribution is -0.129. The number of hydrogen-bond acceptors (Lipinski definition) is 3. The Hall–Kier alpha value is -1.35. The fourth-order valence-electron chi connectivity index (χ4n) is 1.36. The van der Waals surface area contributed by atoms with E-state index in [1.165, 1.54) is 0 Å². The molecule has 0 heterocycles. The molecule has 0 amide bonds. The molecule has 0 aliphatic carbocycles. The number of ketones is 1. The van der Waals surface area contributed by atoms with Gasteiger partial charge in [0.05, 0.1) is 13.7 Å². The largest absolute Gasteiger partial charge is 0.497 e. The van der Waals surface area contributed by atoms with Gasteiger partial charge in [0.2, 0.25) is 0 Å². The first-order chi connectivity index (χ1) is 7.67. The quantitative estimate of drug-likeness (QED) is 0.742. The Morgan fingerprint density at radius 3 is 2.81 bits per heavy atom. The molecule has 0 saturated heterocycles. The predicted octanol–water partition coefficient (Wildman–Crippen LogP) is 2.58. The summed E-state index contributed by atoms with van der Waals surface area (Å²) >= 11 is 0. The van der Waals surface area contributed by atoms with Gasteiger partial charge in [0.25, 0.3) is 0 Å². The Morgan fingerprint density at radius 2 is 2.19 bits per heavy atom. The van der Waals surface area contributed by atoms with E-state index >= 15 is 0 Å². The fraction of sp³-hybridized carbons (Fsp3) is 0.462. The van der Waals surface area contributed by atoms with Crippen LogP contribution in [-0.4, -0.2) is 19.0 Å². The van der Waals surface area contributed by atoms with Gasteiger partial charge in [-0.2, -0.15) is 0 Å². The van der Waals surface area contributed by atoms with E-state index in [0.717, 1.165) is 11.3 Å². The topological polar surface area (TPSA) is 35.5 Å². The number of methoxy groups -OCH3 is 1. The highest BCUT2D eigenvalue weighted by atomic mass is 16.5. The highest BCUT2D eigenvalue weighted by Crippen LogP contribution is 2.14. The van der Waals surface area contributed by atoms with Crippen LogP contribution < -0.4 is 4.74 Å². The summed E-state index contributed by atoms with van der Waals surface area (Å²) in [6.45, 7) is 4.06. The lowest BCUT2D eigenvalue weighted by Gasteiger charge is -2.11. The maximum Gasteiger partial charge on any atom is 0.161 e. The molecule has 0 radical (unpaired) electrons. The molecule has 3 nitrogen and oxygen atoms in total. The summed E-state index contributed by atoms with van der Waals surface area (Å²) in [7, 11) is 1.63. The number of carbonyl (C=O) groups is 1. The number of carbonyl (C=O) groups excluding carboxylic acids is 1. The summed E-state index contributed by atoms with van der Waals surface area (Å²) in [6, 6.07) is 7.64. The van der Waals surface area contributed by atoms with Crippen molar-refractivity contribution >= 4 is 5.78 Å². The Morgan fingerprint density at radius 1 is 1.44 bits per heavy atom. The SMILES string of the molecule is CCC(=O)C(C)OCc1cccc(OC)c1. The van der Waals surface area contributed by atoms with E-state index < -0.39 is 0 Å². The van der Waals surface area contributed by atoms with Gasteiger partial charge >= 0.3 is 0 Å². The van der Waals surface area contributed by atoms with Crippen molar-refractivity contribution in [3.05, 3.63) is 29.8 Å². The highest BCUT2D eigenvalue weighted by molar-refractivity contribution is 5.82. The molecule has 0 saturated carbocycles. The van der Waals surface area contributed by atoms with Crippen molar-refractivity contribution in [1.29, 1.82) is 0 Å². The second kappa shape index (κ2) is 6.28. The average Bonchev–Trinajstić information content (AvgIpc) is 2.35. The van der Waals surface area contributed by atoms with Crippen LogP contribution in [0.4, 0.5) is 0 Å². The van der Waals surface area contributed by atoms with Gasteiger partial charge in [-0.05, 0) is 24.6 Å². The highest BCUT2D eigenvalue weighted by Gasteiger charge is 2.10. The van der Waals surface area contributed by atoms with Crippen LogP contribution >= 0.6 is 0 Å². The van der Waals surface area contributed by atoms with Crippen LogP contribution in [0.25, 0.3) is 0 Å². The van der Waals surface area contributed by atoms with E-state index in [-0.39, 0.29) is 11.9 Å². The van der Waals surface area contributed by atoms with E-state index in [0.29, 0.717) is 13.0 Å². The molecule has 1 aromatic rings. The Kier molecular flexibility index (Phi) is 4.99. The normalized spacial score (nSPS) is 12.2. The van der Waals surface area contributed by atoms with Gasteiger partial charge in [-0.3, -0.25) is 4.79 Å². The van der Waals surface area contributed by atoms with Gasteiger partial charge < -0.3 is 9.47 Å². The van der Waals surface area contributed by atoms with Gasteiger partial charge in [-0.15, -0.1) is 0 Å². The van der Waals surface area contributed by atoms with Crippen molar-refractivity contribution in [1.82, 2.24) is 0 Å². The molecule has 1 atom stereocenters. The zero-order valence-electron chi connectivity index (χ0n) is 10.0. The molecule has 1 unspecified atom stereocenters. The number of rotatable bonds is 6. The van der Waals surface area contributed by atoms with Gasteiger partial charge in [0, 0.05) is 6.42 Å². The molecule has 0 aromatic heterocycles. The van der Waals surface area contributed by atoms with Gasteiger partial charge in [-0.25, -0.2) is 0 Å². The Labute approximate surface area is 96.4 Å². The van der Waals surface area contributed by atoms with Crippen LogP contribution in [-0.2, 0) is 16.1 Å². The fourth-order valence-corrected chi connectivity index (χ4v) is 1.36. The van der Waals surface area contributed by atoms with Crippen molar-refractivity contribution in [3.8, 4) is 5.75 Å². The van der Waals surface area contributed by atoms with Crippen LogP contribution in [0, 0.1) is 0 Å². The number of hydrogen-bond donors (Lipinski definition) is 0. The third kappa shape index (κ3) is 3.66. The minimum atomic E-state index is -0.337. The van der Waals surface area contributed by atoms with Crippen LogP contribution in [0.3, 0.4) is 0 Å². The monoisotopic (exact) mass is 222 g/mol. The van der Waals surface area contributed by atoms with Crippen LogP contribution in [0.5, 0.6) is 5.75 Å². The van der Waals surface area contributed by atoms with Crippen molar-refractivity contribution in [2.45, 2.75) is 33.0 Å². The Bertz CT molecular complexity index is 347. The second-order valence-electron chi connectivity index (χ2n) is 3.62. The van der Waals surface area contributed by atoms with Gasteiger partial charge in [-0.1, -0.05) is 19.1 Å². The third-order valence-corrected chi connectivity index (χ3v) is 2.44. The van der Waals surface area contributed by atoms with E-state index in [4.69, 9.17) is 9.47 Å². The summed E-state index contributed by atoms with van der Waals surface area (Å²) in [5.74, 6) is 0.929. The lowest BCUT2D eigenvalue weighted by atomic mass is 10.2. The minimum Gasteiger partial charge on any atom is -0.497 e. The summed E-state index contributed by atoms with van der Waals surface area (Å²) in [5.41, 5.74) is 1.01. The van der Waals surface area contributed by atoms with Gasteiger partial charge in [0.15, 0.2) is 5.78 Å². The minimum absolute atomic E-state index is 0.128. The van der Waals surface area contributed by atoms with E-state index in [1.54, 1.807) is 14.0 Å². The first-order valence-electron chi connectivity index (χ1n) is 5.44. The molecule has 1 aromatic carbocycles. The number of benzene rings is 1. The predicted molar refractivity (Wildman–Crippen MR) is 62.5 cm³/mol. The molecule has 0 N–H and O–H groups in total. The number of Topliss-reactive ketones (excluding diaryl/α,β-unsaturated/α-hetero) is 1. The molecule has 16 heavy (non-hydrogen) atoms. The van der Waals surface area contributed by atoms with Crippen molar-refractivity contribution in [3.63, 3.8) is 0 Å². The summed E-state index contributed by atoms with van der Waals surface area (Å²) in [5, 5.41) is 0. The summed E-state index contributed by atoms with van der Waals surface area (Å²) < 4.78 is 10.6. The maximum absolute atomic E-state index is 11.3. The first-order valence-corrected chi connectivity index (χ1v) is 5.44.